The molecule has 0 radical (unpaired) electrons. The molecule has 0 aliphatic rings. The van der Waals surface area contributed by atoms with Crippen LogP contribution >= 0.6 is 0 Å². The number of rotatable bonds is 7. The van der Waals surface area contributed by atoms with Crippen molar-refractivity contribution in [3.05, 3.63) is 60.3 Å². The summed E-state index contributed by atoms with van der Waals surface area (Å²) in [7, 11) is -3.87. The average molecular weight is 401 g/mol. The number of H-pyrrole nitrogens is 1. The predicted octanol–water partition coefficient (Wildman–Crippen LogP) is 1.93. The highest BCUT2D eigenvalue weighted by atomic mass is 32.2. The summed E-state index contributed by atoms with van der Waals surface area (Å²) in [4.78, 5) is 26.8. The van der Waals surface area contributed by atoms with Crippen LogP contribution in [-0.4, -0.2) is 31.9 Å². The van der Waals surface area contributed by atoms with Gasteiger partial charge in [-0.3, -0.25) is 9.59 Å². The highest BCUT2D eigenvalue weighted by molar-refractivity contribution is 7.89. The maximum atomic E-state index is 11.9. The van der Waals surface area contributed by atoms with Gasteiger partial charge in [-0.05, 0) is 36.2 Å². The Balaban J connectivity index is 1.49. The van der Waals surface area contributed by atoms with E-state index in [4.69, 9.17) is 9.88 Å². The summed E-state index contributed by atoms with van der Waals surface area (Å²) >= 11 is 0. The van der Waals surface area contributed by atoms with Crippen molar-refractivity contribution in [3.8, 4) is 0 Å². The number of hydrogen-bond acceptors (Lipinski definition) is 5. The number of nitrogens with one attached hydrogen (secondary N) is 2. The van der Waals surface area contributed by atoms with Crippen LogP contribution in [0.5, 0.6) is 0 Å². The summed E-state index contributed by atoms with van der Waals surface area (Å²) in [6.45, 7) is -0.466. The number of carbonyl (C=O) groups is 2. The van der Waals surface area contributed by atoms with E-state index >= 15 is 0 Å². The van der Waals surface area contributed by atoms with Crippen molar-refractivity contribution in [2.45, 2.75) is 17.7 Å². The van der Waals surface area contributed by atoms with E-state index in [0.29, 0.717) is 6.42 Å². The van der Waals surface area contributed by atoms with Crippen molar-refractivity contribution in [2.75, 3.05) is 11.9 Å². The molecule has 0 bridgehead atoms. The lowest BCUT2D eigenvalue weighted by Gasteiger charge is -2.07. The van der Waals surface area contributed by atoms with Crippen LogP contribution in [0.4, 0.5) is 5.69 Å². The molecule has 0 unspecified atom stereocenters. The lowest BCUT2D eigenvalue weighted by Crippen LogP contribution is -2.21. The third-order valence-corrected chi connectivity index (χ3v) is 4.99. The number of primary sulfonamides is 1. The molecular weight excluding hydrogens is 382 g/mol. The molecule has 0 aliphatic heterocycles. The Kier molecular flexibility index (Phi) is 5.76. The van der Waals surface area contributed by atoms with Gasteiger partial charge in [0.05, 0.1) is 4.90 Å². The van der Waals surface area contributed by atoms with Crippen molar-refractivity contribution in [2.24, 2.45) is 5.14 Å². The number of aromatic nitrogens is 1. The van der Waals surface area contributed by atoms with Gasteiger partial charge in [-0.1, -0.05) is 24.3 Å². The van der Waals surface area contributed by atoms with E-state index in [1.54, 1.807) is 0 Å². The monoisotopic (exact) mass is 401 g/mol. The molecule has 2 aromatic carbocycles. The molecule has 9 heteroatoms. The normalized spacial score (nSPS) is 11.3. The number of para-hydroxylation sites is 1. The van der Waals surface area contributed by atoms with Crippen LogP contribution in [0.2, 0.25) is 0 Å². The molecule has 28 heavy (non-hydrogen) atoms. The maximum absolute atomic E-state index is 11.9. The van der Waals surface area contributed by atoms with Crippen molar-refractivity contribution in [1.29, 1.82) is 0 Å². The van der Waals surface area contributed by atoms with E-state index in [1.165, 1.54) is 24.3 Å². The number of fused-ring (bicyclic) bond motifs is 1. The first kappa shape index (κ1) is 19.6. The second-order valence-electron chi connectivity index (χ2n) is 6.14. The number of carbonyl (C=O) groups excluding carboxylic acids is 2. The Morgan fingerprint density at radius 1 is 1.11 bits per heavy atom. The third kappa shape index (κ3) is 4.96. The quantitative estimate of drug-likeness (QED) is 0.521. The summed E-state index contributed by atoms with van der Waals surface area (Å²) in [5.41, 5.74) is 2.23. The summed E-state index contributed by atoms with van der Waals surface area (Å²) in [5, 5.41) is 8.56. The molecule has 0 saturated carbocycles. The molecule has 4 N–H and O–H groups in total. The highest BCUT2D eigenvalue weighted by Crippen LogP contribution is 2.19. The van der Waals surface area contributed by atoms with Gasteiger partial charge in [0.25, 0.3) is 5.91 Å². The van der Waals surface area contributed by atoms with Crippen LogP contribution in [0.15, 0.2) is 59.6 Å². The fourth-order valence-corrected chi connectivity index (χ4v) is 3.30. The number of esters is 1. The number of ether oxygens (including phenoxy) is 1. The van der Waals surface area contributed by atoms with Gasteiger partial charge in [0.15, 0.2) is 6.61 Å². The summed E-state index contributed by atoms with van der Waals surface area (Å²) in [6, 6.07) is 13.3. The minimum absolute atomic E-state index is 0.124. The van der Waals surface area contributed by atoms with E-state index in [0.717, 1.165) is 16.5 Å². The summed E-state index contributed by atoms with van der Waals surface area (Å²) in [5.74, 6) is -1.08. The SMILES string of the molecule is NS(=O)(=O)c1cccc(NC(=O)COC(=O)CCc2c[nH]c3ccccc23)c1. The minimum Gasteiger partial charge on any atom is -0.456 e. The zero-order valence-electron chi connectivity index (χ0n) is 14.8. The van der Waals surface area contributed by atoms with Crippen LogP contribution in [0.25, 0.3) is 10.9 Å². The average Bonchev–Trinajstić information content (AvgIpc) is 3.07. The largest absolute Gasteiger partial charge is 0.456 e. The molecule has 0 fully saturated rings. The van der Waals surface area contributed by atoms with Gasteiger partial charge in [-0.2, -0.15) is 0 Å². The molecule has 0 spiro atoms. The maximum Gasteiger partial charge on any atom is 0.306 e. The van der Waals surface area contributed by atoms with E-state index in [1.807, 2.05) is 30.5 Å². The second-order valence-corrected chi connectivity index (χ2v) is 7.70. The lowest BCUT2D eigenvalue weighted by molar-refractivity contribution is -0.147. The molecule has 3 aromatic rings. The van der Waals surface area contributed by atoms with Crippen LogP contribution in [0.3, 0.4) is 0 Å². The Morgan fingerprint density at radius 3 is 2.68 bits per heavy atom. The van der Waals surface area contributed by atoms with Crippen LogP contribution in [-0.2, 0) is 30.8 Å². The van der Waals surface area contributed by atoms with Crippen molar-refractivity contribution >= 4 is 38.5 Å². The van der Waals surface area contributed by atoms with Gasteiger partial charge in [-0.25, -0.2) is 13.6 Å². The van der Waals surface area contributed by atoms with Crippen molar-refractivity contribution < 1.29 is 22.7 Å². The smallest absolute Gasteiger partial charge is 0.306 e. The van der Waals surface area contributed by atoms with Crippen LogP contribution in [0, 0.1) is 0 Å². The van der Waals surface area contributed by atoms with Gasteiger partial charge < -0.3 is 15.0 Å². The van der Waals surface area contributed by atoms with Gasteiger partial charge in [0, 0.05) is 29.2 Å². The number of aryl methyl sites for hydroxylation is 1. The van der Waals surface area contributed by atoms with Gasteiger partial charge in [0.2, 0.25) is 10.0 Å². The van der Waals surface area contributed by atoms with E-state index in [2.05, 4.69) is 10.3 Å². The number of hydrogen-bond donors (Lipinski definition) is 3. The van der Waals surface area contributed by atoms with E-state index in [9.17, 15) is 18.0 Å². The van der Waals surface area contributed by atoms with Gasteiger partial charge in [-0.15, -0.1) is 0 Å². The van der Waals surface area contributed by atoms with Crippen molar-refractivity contribution in [3.63, 3.8) is 0 Å². The molecule has 1 aromatic heterocycles. The Hall–Kier alpha value is -3.17. The Bertz CT molecular complexity index is 1120. The molecule has 1 amide bonds. The minimum atomic E-state index is -3.87. The summed E-state index contributed by atoms with van der Waals surface area (Å²) < 4.78 is 27.6. The highest BCUT2D eigenvalue weighted by Gasteiger charge is 2.12. The third-order valence-electron chi connectivity index (χ3n) is 4.08. The molecular formula is C19H19N3O5S. The van der Waals surface area contributed by atoms with E-state index < -0.39 is 28.5 Å². The molecule has 0 saturated heterocycles. The lowest BCUT2D eigenvalue weighted by atomic mass is 10.1. The zero-order valence-corrected chi connectivity index (χ0v) is 15.7. The number of anilines is 1. The molecule has 1 heterocycles. The standard InChI is InChI=1S/C19H19N3O5S/c20-28(25,26)15-5-3-4-14(10-15)22-18(23)12-27-19(24)9-8-13-11-21-17-7-2-1-6-16(13)17/h1-7,10-11,21H,8-9,12H2,(H,22,23)(H2,20,25,26). The number of nitrogens with two attached hydrogens (primary N) is 1. The first-order valence-corrected chi connectivity index (χ1v) is 10.0. The Labute approximate surface area is 161 Å². The van der Waals surface area contributed by atoms with Crippen LogP contribution in [0.1, 0.15) is 12.0 Å². The molecule has 3 rings (SSSR count). The van der Waals surface area contributed by atoms with Gasteiger partial charge >= 0.3 is 5.97 Å². The zero-order chi connectivity index (χ0) is 20.1. The fraction of sp³-hybridized carbons (Fsp3) is 0.158. The number of sulfonamides is 1. The second kappa shape index (κ2) is 8.24. The molecule has 146 valence electrons. The topological polar surface area (TPSA) is 131 Å². The number of amides is 1. The predicted molar refractivity (Wildman–Crippen MR) is 104 cm³/mol. The van der Waals surface area contributed by atoms with Crippen molar-refractivity contribution in [1.82, 2.24) is 4.98 Å². The molecule has 0 aliphatic carbocycles. The molecule has 8 nitrogen and oxygen atoms in total. The first-order valence-electron chi connectivity index (χ1n) is 8.46. The van der Waals surface area contributed by atoms with Crippen LogP contribution < -0.4 is 10.5 Å². The molecule has 0 atom stereocenters. The fourth-order valence-electron chi connectivity index (χ4n) is 2.74. The van der Waals surface area contributed by atoms with Gasteiger partial charge in [0.1, 0.15) is 0 Å². The number of benzene rings is 2. The Morgan fingerprint density at radius 2 is 1.89 bits per heavy atom. The summed E-state index contributed by atoms with van der Waals surface area (Å²) in [6.07, 6.45) is 2.47. The first-order chi connectivity index (χ1) is 13.3. The number of aromatic amines is 1. The van der Waals surface area contributed by atoms with E-state index in [-0.39, 0.29) is 17.0 Å².